The van der Waals surface area contributed by atoms with Crippen LogP contribution < -0.4 is 15.8 Å². The Kier molecular flexibility index (Phi) is 3.76. The first-order valence-corrected chi connectivity index (χ1v) is 8.95. The van der Waals surface area contributed by atoms with E-state index in [4.69, 9.17) is 10.5 Å². The minimum absolute atomic E-state index is 0.717. The van der Waals surface area contributed by atoms with Crippen molar-refractivity contribution in [1.82, 2.24) is 9.97 Å². The molecule has 4 rings (SSSR count). The molecule has 0 aliphatic heterocycles. The molecule has 0 amide bonds. The molecule has 6 heteroatoms. The largest absolute Gasteiger partial charge is 0.494 e. The Hall–Kier alpha value is -2.34. The third-order valence-electron chi connectivity index (χ3n) is 4.59. The number of nitrogens with one attached hydrogen (secondary N) is 1. The summed E-state index contributed by atoms with van der Waals surface area (Å²) in [6, 6.07) is 3.85. The zero-order valence-electron chi connectivity index (χ0n) is 13.8. The second-order valence-electron chi connectivity index (χ2n) is 6.15. The summed E-state index contributed by atoms with van der Waals surface area (Å²) in [5.74, 6) is 1.57. The molecule has 124 valence electrons. The number of nitrogen functional groups attached to an aromatic ring is 1. The highest BCUT2D eigenvalue weighted by atomic mass is 32.1. The number of anilines is 3. The van der Waals surface area contributed by atoms with E-state index in [0.29, 0.717) is 5.75 Å². The van der Waals surface area contributed by atoms with Crippen molar-refractivity contribution in [3.05, 3.63) is 34.5 Å². The maximum Gasteiger partial charge on any atom is 0.144 e. The number of aromatic nitrogens is 2. The van der Waals surface area contributed by atoms with E-state index in [1.807, 2.05) is 19.1 Å². The number of thiophene rings is 1. The van der Waals surface area contributed by atoms with Crippen molar-refractivity contribution in [2.24, 2.45) is 0 Å². The zero-order chi connectivity index (χ0) is 16.7. The molecule has 0 radical (unpaired) electrons. The van der Waals surface area contributed by atoms with Crippen LogP contribution in [-0.4, -0.2) is 17.1 Å². The van der Waals surface area contributed by atoms with Crippen LogP contribution in [0.3, 0.4) is 0 Å². The van der Waals surface area contributed by atoms with Gasteiger partial charge in [-0.3, -0.25) is 0 Å². The Bertz CT molecular complexity index is 919. The summed E-state index contributed by atoms with van der Waals surface area (Å²) in [7, 11) is 1.65. The van der Waals surface area contributed by atoms with Gasteiger partial charge in [-0.1, -0.05) is 0 Å². The van der Waals surface area contributed by atoms with Gasteiger partial charge in [0.25, 0.3) is 0 Å². The maximum absolute atomic E-state index is 5.99. The summed E-state index contributed by atoms with van der Waals surface area (Å²) < 4.78 is 5.48. The molecule has 0 bridgehead atoms. The highest BCUT2D eigenvalue weighted by Crippen LogP contribution is 2.40. The molecule has 5 nitrogen and oxygen atoms in total. The first-order chi connectivity index (χ1) is 11.7. The Morgan fingerprint density at radius 1 is 1.21 bits per heavy atom. The fourth-order valence-electron chi connectivity index (χ4n) is 3.28. The van der Waals surface area contributed by atoms with Gasteiger partial charge >= 0.3 is 0 Å². The number of hydrogen-bond acceptors (Lipinski definition) is 6. The SMILES string of the molecule is COc1cc(N)c(C)cc1Nc1ncnc2sc3c(c12)CCCC3. The van der Waals surface area contributed by atoms with Crippen LogP contribution in [0.2, 0.25) is 0 Å². The van der Waals surface area contributed by atoms with Crippen molar-refractivity contribution in [1.29, 1.82) is 0 Å². The number of nitrogens with two attached hydrogens (primary N) is 1. The second kappa shape index (κ2) is 5.94. The topological polar surface area (TPSA) is 73.1 Å². The number of benzene rings is 1. The summed E-state index contributed by atoms with van der Waals surface area (Å²) in [6.07, 6.45) is 6.39. The molecule has 0 saturated carbocycles. The van der Waals surface area contributed by atoms with Crippen molar-refractivity contribution < 1.29 is 4.74 Å². The van der Waals surface area contributed by atoms with Crippen molar-refractivity contribution in [3.63, 3.8) is 0 Å². The molecule has 2 heterocycles. The average molecular weight is 340 g/mol. The van der Waals surface area contributed by atoms with E-state index in [2.05, 4.69) is 15.3 Å². The number of hydrogen-bond donors (Lipinski definition) is 2. The van der Waals surface area contributed by atoms with Gasteiger partial charge in [0.1, 0.15) is 22.7 Å². The highest BCUT2D eigenvalue weighted by molar-refractivity contribution is 7.19. The lowest BCUT2D eigenvalue weighted by atomic mass is 9.97. The van der Waals surface area contributed by atoms with Crippen LogP contribution in [0, 0.1) is 6.92 Å². The lowest BCUT2D eigenvalue weighted by Gasteiger charge is -2.15. The van der Waals surface area contributed by atoms with Gasteiger partial charge in [0.2, 0.25) is 0 Å². The van der Waals surface area contributed by atoms with Crippen molar-refractivity contribution in [2.75, 3.05) is 18.2 Å². The molecule has 3 aromatic rings. The number of fused-ring (bicyclic) bond motifs is 3. The van der Waals surface area contributed by atoms with E-state index >= 15 is 0 Å². The molecule has 0 fully saturated rings. The first-order valence-electron chi connectivity index (χ1n) is 8.13. The highest BCUT2D eigenvalue weighted by Gasteiger charge is 2.20. The molecule has 0 spiro atoms. The zero-order valence-corrected chi connectivity index (χ0v) is 14.7. The quantitative estimate of drug-likeness (QED) is 0.699. The standard InChI is InChI=1S/C18H20N4OS/c1-10-7-13(14(23-2)8-12(10)19)22-17-16-11-5-3-4-6-15(11)24-18(16)21-9-20-17/h7-9H,3-6,19H2,1-2H3,(H,20,21,22). The lowest BCUT2D eigenvalue weighted by molar-refractivity contribution is 0.417. The maximum atomic E-state index is 5.99. The van der Waals surface area contributed by atoms with E-state index in [-0.39, 0.29) is 0 Å². The van der Waals surface area contributed by atoms with Gasteiger partial charge in [-0.05, 0) is 49.8 Å². The van der Waals surface area contributed by atoms with E-state index in [1.54, 1.807) is 24.8 Å². The molecule has 24 heavy (non-hydrogen) atoms. The number of rotatable bonds is 3. The van der Waals surface area contributed by atoms with Gasteiger partial charge in [-0.25, -0.2) is 9.97 Å². The summed E-state index contributed by atoms with van der Waals surface area (Å²) in [6.45, 7) is 1.99. The first kappa shape index (κ1) is 15.2. The predicted octanol–water partition coefficient (Wildman–Crippen LogP) is 4.21. The van der Waals surface area contributed by atoms with Crippen LogP contribution in [0.1, 0.15) is 28.8 Å². The summed E-state index contributed by atoms with van der Waals surface area (Å²) in [5, 5.41) is 4.61. The number of methoxy groups -OCH3 is 1. The van der Waals surface area contributed by atoms with E-state index < -0.39 is 0 Å². The normalized spacial score (nSPS) is 13.8. The fraction of sp³-hybridized carbons (Fsp3) is 0.333. The molecule has 0 atom stereocenters. The Morgan fingerprint density at radius 3 is 2.88 bits per heavy atom. The summed E-state index contributed by atoms with van der Waals surface area (Å²) in [5.41, 5.74) is 10.0. The van der Waals surface area contributed by atoms with E-state index in [9.17, 15) is 0 Å². The van der Waals surface area contributed by atoms with Crippen LogP contribution in [0.25, 0.3) is 10.2 Å². The lowest BCUT2D eigenvalue weighted by Crippen LogP contribution is -2.02. The number of nitrogens with zero attached hydrogens (tertiary/aromatic N) is 2. The minimum Gasteiger partial charge on any atom is -0.494 e. The minimum atomic E-state index is 0.717. The van der Waals surface area contributed by atoms with Gasteiger partial charge in [-0.2, -0.15) is 0 Å². The van der Waals surface area contributed by atoms with Gasteiger partial charge in [0.15, 0.2) is 0 Å². The van der Waals surface area contributed by atoms with Gasteiger partial charge in [-0.15, -0.1) is 11.3 Å². The number of ether oxygens (including phenoxy) is 1. The molecule has 1 aromatic carbocycles. The third-order valence-corrected chi connectivity index (χ3v) is 5.79. The Balaban J connectivity index is 1.83. The molecule has 2 aromatic heterocycles. The predicted molar refractivity (Wildman–Crippen MR) is 99.5 cm³/mol. The molecule has 1 aliphatic carbocycles. The van der Waals surface area contributed by atoms with Crippen LogP contribution in [0.5, 0.6) is 5.75 Å². The molecule has 0 unspecified atom stereocenters. The Labute approximate surface area is 144 Å². The Morgan fingerprint density at radius 2 is 2.04 bits per heavy atom. The monoisotopic (exact) mass is 340 g/mol. The van der Waals surface area contributed by atoms with Crippen LogP contribution in [0.4, 0.5) is 17.2 Å². The van der Waals surface area contributed by atoms with Crippen LogP contribution >= 0.6 is 11.3 Å². The molecule has 3 N–H and O–H groups in total. The average Bonchev–Trinajstić information content (AvgIpc) is 2.97. The summed E-state index contributed by atoms with van der Waals surface area (Å²) >= 11 is 1.80. The number of aryl methyl sites for hydroxylation is 3. The van der Waals surface area contributed by atoms with Crippen LogP contribution in [0.15, 0.2) is 18.5 Å². The van der Waals surface area contributed by atoms with Crippen molar-refractivity contribution in [3.8, 4) is 5.75 Å². The van der Waals surface area contributed by atoms with Gasteiger partial charge < -0.3 is 15.8 Å². The van der Waals surface area contributed by atoms with Crippen LogP contribution in [-0.2, 0) is 12.8 Å². The molecule has 0 saturated heterocycles. The van der Waals surface area contributed by atoms with E-state index in [0.717, 1.165) is 45.8 Å². The smallest absolute Gasteiger partial charge is 0.144 e. The molecular weight excluding hydrogens is 320 g/mol. The van der Waals surface area contributed by atoms with Gasteiger partial charge in [0.05, 0.1) is 18.2 Å². The fourth-order valence-corrected chi connectivity index (χ4v) is 4.51. The molecular formula is C18H20N4OS. The summed E-state index contributed by atoms with van der Waals surface area (Å²) in [4.78, 5) is 11.5. The van der Waals surface area contributed by atoms with Gasteiger partial charge in [0, 0.05) is 16.6 Å². The van der Waals surface area contributed by atoms with Crippen molar-refractivity contribution in [2.45, 2.75) is 32.6 Å². The third kappa shape index (κ3) is 2.47. The van der Waals surface area contributed by atoms with E-state index in [1.165, 1.54) is 23.3 Å². The van der Waals surface area contributed by atoms with Crippen molar-refractivity contribution >= 4 is 38.7 Å². The second-order valence-corrected chi connectivity index (χ2v) is 7.23. The molecule has 1 aliphatic rings.